The van der Waals surface area contributed by atoms with Gasteiger partial charge in [0.05, 0.1) is 11.9 Å². The third kappa shape index (κ3) is 5.42. The number of sulfonamides is 1. The molecule has 2 aromatic carbocycles. The molecular formula is C17H20FNO3S. The summed E-state index contributed by atoms with van der Waals surface area (Å²) < 4.78 is 39.6. The monoisotopic (exact) mass is 337 g/mol. The highest BCUT2D eigenvalue weighted by Crippen LogP contribution is 2.17. The van der Waals surface area contributed by atoms with Gasteiger partial charge in [0, 0.05) is 6.04 Å². The summed E-state index contributed by atoms with van der Waals surface area (Å²) in [6.07, 6.45) is -0.641. The van der Waals surface area contributed by atoms with E-state index in [-0.39, 0.29) is 5.75 Å². The number of benzene rings is 2. The summed E-state index contributed by atoms with van der Waals surface area (Å²) >= 11 is 0. The zero-order chi connectivity index (χ0) is 16.9. The quantitative estimate of drug-likeness (QED) is 0.815. The van der Waals surface area contributed by atoms with Crippen LogP contribution in [0.5, 0.6) is 0 Å². The van der Waals surface area contributed by atoms with Crippen LogP contribution in [0.2, 0.25) is 0 Å². The number of aliphatic hydroxyl groups is 1. The molecule has 0 aliphatic heterocycles. The lowest BCUT2D eigenvalue weighted by Gasteiger charge is -2.20. The van der Waals surface area contributed by atoms with Gasteiger partial charge < -0.3 is 5.11 Å². The van der Waals surface area contributed by atoms with Crippen LogP contribution < -0.4 is 4.72 Å². The van der Waals surface area contributed by atoms with E-state index in [0.29, 0.717) is 12.0 Å². The van der Waals surface area contributed by atoms with Crippen LogP contribution in [0.15, 0.2) is 54.6 Å². The summed E-state index contributed by atoms with van der Waals surface area (Å²) in [5, 5.41) is 10.2. The van der Waals surface area contributed by atoms with Crippen molar-refractivity contribution in [2.45, 2.75) is 25.5 Å². The SMILES string of the molecule is C[C@@H](NS(=O)(=O)CCc1ccccc1)[C@@H](O)c1ccc(F)cc1. The van der Waals surface area contributed by atoms with E-state index in [1.54, 1.807) is 6.92 Å². The Bertz CT molecular complexity index is 717. The number of aliphatic hydroxyl groups excluding tert-OH is 1. The van der Waals surface area contributed by atoms with Gasteiger partial charge >= 0.3 is 0 Å². The number of halogens is 1. The zero-order valence-corrected chi connectivity index (χ0v) is 13.6. The van der Waals surface area contributed by atoms with Crippen LogP contribution in [0, 0.1) is 5.82 Å². The lowest BCUT2D eigenvalue weighted by atomic mass is 10.0. The van der Waals surface area contributed by atoms with Crippen LogP contribution in [0.4, 0.5) is 4.39 Å². The number of rotatable bonds is 7. The Hall–Kier alpha value is -1.76. The second kappa shape index (κ2) is 7.68. The van der Waals surface area contributed by atoms with Gasteiger partial charge in [-0.1, -0.05) is 42.5 Å². The number of nitrogens with one attached hydrogen (secondary N) is 1. The lowest BCUT2D eigenvalue weighted by molar-refractivity contribution is 0.146. The highest BCUT2D eigenvalue weighted by molar-refractivity contribution is 7.89. The molecule has 0 aliphatic rings. The van der Waals surface area contributed by atoms with E-state index in [0.717, 1.165) is 5.56 Å². The molecule has 0 unspecified atom stereocenters. The average molecular weight is 337 g/mol. The minimum atomic E-state index is -3.52. The van der Waals surface area contributed by atoms with Crippen LogP contribution in [0.1, 0.15) is 24.2 Å². The fourth-order valence-electron chi connectivity index (χ4n) is 2.25. The van der Waals surface area contributed by atoms with Gasteiger partial charge in [0.15, 0.2) is 0 Å². The van der Waals surface area contributed by atoms with E-state index in [1.165, 1.54) is 24.3 Å². The zero-order valence-electron chi connectivity index (χ0n) is 12.8. The van der Waals surface area contributed by atoms with Crippen LogP contribution in [-0.4, -0.2) is 25.3 Å². The van der Waals surface area contributed by atoms with Crippen molar-refractivity contribution in [3.05, 3.63) is 71.5 Å². The van der Waals surface area contributed by atoms with Crippen LogP contribution >= 0.6 is 0 Å². The van der Waals surface area contributed by atoms with Gasteiger partial charge in [-0.15, -0.1) is 0 Å². The average Bonchev–Trinajstić information content (AvgIpc) is 2.54. The highest BCUT2D eigenvalue weighted by atomic mass is 32.2. The first-order chi connectivity index (χ1) is 10.9. The Morgan fingerprint density at radius 3 is 2.30 bits per heavy atom. The molecule has 2 rings (SSSR count). The minimum absolute atomic E-state index is 0.0580. The third-order valence-electron chi connectivity index (χ3n) is 3.55. The molecule has 0 spiro atoms. The van der Waals surface area contributed by atoms with E-state index in [4.69, 9.17) is 0 Å². The summed E-state index contributed by atoms with van der Waals surface area (Å²) in [5.74, 6) is -0.464. The van der Waals surface area contributed by atoms with Gasteiger partial charge in [0.2, 0.25) is 10.0 Å². The second-order valence-corrected chi connectivity index (χ2v) is 7.33. The predicted octanol–water partition coefficient (Wildman–Crippen LogP) is 2.41. The molecule has 0 fully saturated rings. The van der Waals surface area contributed by atoms with Crippen molar-refractivity contribution in [1.29, 1.82) is 0 Å². The lowest BCUT2D eigenvalue weighted by Crippen LogP contribution is -2.38. The summed E-state index contributed by atoms with van der Waals surface area (Å²) in [4.78, 5) is 0. The van der Waals surface area contributed by atoms with Gasteiger partial charge in [-0.25, -0.2) is 17.5 Å². The number of hydrogen-bond acceptors (Lipinski definition) is 3. The molecule has 2 N–H and O–H groups in total. The normalized spacial score (nSPS) is 14.4. The van der Waals surface area contributed by atoms with Crippen molar-refractivity contribution >= 4 is 10.0 Å². The minimum Gasteiger partial charge on any atom is -0.387 e. The van der Waals surface area contributed by atoms with E-state index < -0.39 is 28.0 Å². The smallest absolute Gasteiger partial charge is 0.212 e. The summed E-state index contributed by atoms with van der Waals surface area (Å²) in [6, 6.07) is 14.0. The van der Waals surface area contributed by atoms with E-state index >= 15 is 0 Å². The van der Waals surface area contributed by atoms with Crippen molar-refractivity contribution < 1.29 is 17.9 Å². The predicted molar refractivity (Wildman–Crippen MR) is 87.9 cm³/mol. The van der Waals surface area contributed by atoms with Gasteiger partial charge in [-0.2, -0.15) is 0 Å². The number of hydrogen-bond donors (Lipinski definition) is 2. The largest absolute Gasteiger partial charge is 0.387 e. The van der Waals surface area contributed by atoms with E-state index in [9.17, 15) is 17.9 Å². The number of aryl methyl sites for hydroxylation is 1. The molecule has 2 aromatic rings. The molecule has 0 saturated heterocycles. The molecule has 0 aliphatic carbocycles. The van der Waals surface area contributed by atoms with Crippen molar-refractivity contribution in [1.82, 2.24) is 4.72 Å². The van der Waals surface area contributed by atoms with E-state index in [2.05, 4.69) is 4.72 Å². The van der Waals surface area contributed by atoms with Crippen LogP contribution in [0.3, 0.4) is 0 Å². The fourth-order valence-corrected chi connectivity index (χ4v) is 3.57. The van der Waals surface area contributed by atoms with Gasteiger partial charge in [0.1, 0.15) is 5.82 Å². The Balaban J connectivity index is 1.94. The van der Waals surface area contributed by atoms with Crippen molar-refractivity contribution in [3.8, 4) is 0 Å². The Morgan fingerprint density at radius 1 is 1.09 bits per heavy atom. The fraction of sp³-hybridized carbons (Fsp3) is 0.294. The maximum absolute atomic E-state index is 12.9. The van der Waals surface area contributed by atoms with Crippen molar-refractivity contribution in [3.63, 3.8) is 0 Å². The first kappa shape index (κ1) is 17.6. The Kier molecular flexibility index (Phi) is 5.87. The van der Waals surface area contributed by atoms with Crippen LogP contribution in [0.25, 0.3) is 0 Å². The molecular weight excluding hydrogens is 317 g/mol. The van der Waals surface area contributed by atoms with Crippen LogP contribution in [-0.2, 0) is 16.4 Å². The summed E-state index contributed by atoms with van der Waals surface area (Å²) in [7, 11) is -3.52. The summed E-state index contributed by atoms with van der Waals surface area (Å²) in [5.41, 5.74) is 1.40. The van der Waals surface area contributed by atoms with Gasteiger partial charge in [-0.05, 0) is 36.6 Å². The van der Waals surface area contributed by atoms with Gasteiger partial charge in [0.25, 0.3) is 0 Å². The van der Waals surface area contributed by atoms with E-state index in [1.807, 2.05) is 30.3 Å². The van der Waals surface area contributed by atoms with Crippen molar-refractivity contribution in [2.75, 3.05) is 5.75 Å². The molecule has 0 radical (unpaired) electrons. The molecule has 0 heterocycles. The molecule has 23 heavy (non-hydrogen) atoms. The molecule has 0 saturated carbocycles. The molecule has 0 aromatic heterocycles. The standard InChI is InChI=1S/C17H20FNO3S/c1-13(17(20)15-7-9-16(18)10-8-15)19-23(21,22)12-11-14-5-3-2-4-6-14/h2-10,13,17,19-20H,11-12H2,1H3/t13-,17-/m1/s1. The molecule has 6 heteroatoms. The third-order valence-corrected chi connectivity index (χ3v) is 5.03. The van der Waals surface area contributed by atoms with Gasteiger partial charge in [-0.3, -0.25) is 0 Å². The maximum atomic E-state index is 12.9. The molecule has 2 atom stereocenters. The molecule has 4 nitrogen and oxygen atoms in total. The molecule has 0 bridgehead atoms. The molecule has 0 amide bonds. The summed E-state index contributed by atoms with van der Waals surface area (Å²) in [6.45, 7) is 1.58. The molecule has 124 valence electrons. The first-order valence-corrected chi connectivity index (χ1v) is 9.00. The maximum Gasteiger partial charge on any atom is 0.212 e. The van der Waals surface area contributed by atoms with Crippen molar-refractivity contribution in [2.24, 2.45) is 0 Å². The Labute approximate surface area is 136 Å². The Morgan fingerprint density at radius 2 is 1.70 bits per heavy atom. The topological polar surface area (TPSA) is 66.4 Å². The second-order valence-electron chi connectivity index (χ2n) is 5.46. The highest BCUT2D eigenvalue weighted by Gasteiger charge is 2.22. The first-order valence-electron chi connectivity index (χ1n) is 7.35.